The molecule has 1 aromatic carbocycles. The molecule has 9 heteroatoms. The van der Waals surface area contributed by atoms with E-state index in [-0.39, 0.29) is 22.6 Å². The molecule has 0 aliphatic carbocycles. The number of rotatable bonds is 4. The number of anilines is 2. The quantitative estimate of drug-likeness (QED) is 0.827. The molecule has 1 aliphatic rings. The zero-order valence-electron chi connectivity index (χ0n) is 15.4. The lowest BCUT2D eigenvalue weighted by molar-refractivity contribution is 0.134. The monoisotopic (exact) mass is 410 g/mol. The molecule has 1 aliphatic heterocycles. The molecule has 0 unspecified atom stereocenters. The molecule has 0 bridgehead atoms. The molecule has 0 spiro atoms. The van der Waals surface area contributed by atoms with Crippen LogP contribution in [0.5, 0.6) is 0 Å². The van der Waals surface area contributed by atoms with Crippen LogP contribution in [-0.2, 0) is 14.6 Å². The van der Waals surface area contributed by atoms with Crippen LogP contribution in [0.2, 0.25) is 5.02 Å². The third-order valence-electron chi connectivity index (χ3n) is 4.56. The zero-order chi connectivity index (χ0) is 19.6. The predicted molar refractivity (Wildman–Crippen MR) is 106 cm³/mol. The molecule has 7 nitrogen and oxygen atoms in total. The third-order valence-corrected chi connectivity index (χ3v) is 6.62. The summed E-state index contributed by atoms with van der Waals surface area (Å²) in [5, 5.41) is 0.392. The van der Waals surface area contributed by atoms with Gasteiger partial charge in [0, 0.05) is 29.9 Å². The largest absolute Gasteiger partial charge is 0.379 e. The summed E-state index contributed by atoms with van der Waals surface area (Å²) in [5.74, 6) is 0.946. The summed E-state index contributed by atoms with van der Waals surface area (Å²) in [6.45, 7) is 5.24. The van der Waals surface area contributed by atoms with Crippen LogP contribution >= 0.6 is 11.6 Å². The van der Waals surface area contributed by atoms with Crippen LogP contribution in [0.15, 0.2) is 29.2 Å². The molecule has 2 N–H and O–H groups in total. The average Bonchev–Trinajstić information content (AvgIpc) is 2.86. The SMILES string of the molecule is CCS(=O)(=O)c1ccc([C@H]2COCCCN2c2cc(C)nc(N)n2)c(Cl)c1. The summed E-state index contributed by atoms with van der Waals surface area (Å²) in [5.41, 5.74) is 7.40. The molecular weight excluding hydrogens is 388 g/mol. The van der Waals surface area contributed by atoms with Gasteiger partial charge in [-0.05, 0) is 31.0 Å². The fraction of sp³-hybridized carbons (Fsp3) is 0.444. The van der Waals surface area contributed by atoms with E-state index in [4.69, 9.17) is 22.1 Å². The predicted octanol–water partition coefficient (Wildman–Crippen LogP) is 2.78. The fourth-order valence-electron chi connectivity index (χ4n) is 3.17. The van der Waals surface area contributed by atoms with Crippen molar-refractivity contribution < 1.29 is 13.2 Å². The van der Waals surface area contributed by atoms with E-state index in [9.17, 15) is 8.42 Å². The van der Waals surface area contributed by atoms with Gasteiger partial charge in [-0.15, -0.1) is 0 Å². The second-order valence-corrected chi connectivity index (χ2v) is 9.14. The van der Waals surface area contributed by atoms with Crippen LogP contribution in [0.4, 0.5) is 11.8 Å². The molecule has 1 aromatic heterocycles. The summed E-state index contributed by atoms with van der Waals surface area (Å²) >= 11 is 6.49. The van der Waals surface area contributed by atoms with E-state index in [1.807, 2.05) is 13.0 Å². The fourth-order valence-corrected chi connectivity index (χ4v) is 4.45. The Kier molecular flexibility index (Phi) is 5.88. The number of aromatic nitrogens is 2. The first-order chi connectivity index (χ1) is 12.8. The average molecular weight is 411 g/mol. The Morgan fingerprint density at radius 1 is 1.33 bits per heavy atom. The van der Waals surface area contributed by atoms with Crippen molar-refractivity contribution in [1.29, 1.82) is 0 Å². The van der Waals surface area contributed by atoms with Gasteiger partial charge in [0.1, 0.15) is 5.82 Å². The van der Waals surface area contributed by atoms with Crippen molar-refractivity contribution in [3.63, 3.8) is 0 Å². The summed E-state index contributed by atoms with van der Waals surface area (Å²) in [6.07, 6.45) is 0.833. The topological polar surface area (TPSA) is 98.4 Å². The number of sulfone groups is 1. The standard InChI is InChI=1S/C18H23ClN4O3S/c1-3-27(24,25)13-5-6-14(15(19)10-13)16-11-26-8-4-7-23(16)17-9-12(2)21-18(20)22-17/h5-6,9-10,16H,3-4,7-8,11H2,1-2H3,(H2,20,21,22)/t16-/m1/s1. The molecule has 1 atom stereocenters. The van der Waals surface area contributed by atoms with E-state index >= 15 is 0 Å². The summed E-state index contributed by atoms with van der Waals surface area (Å²) < 4.78 is 30.0. The number of ether oxygens (including phenoxy) is 1. The van der Waals surface area contributed by atoms with Crippen molar-refractivity contribution in [3.05, 3.63) is 40.5 Å². The van der Waals surface area contributed by atoms with Gasteiger partial charge < -0.3 is 15.4 Å². The first-order valence-electron chi connectivity index (χ1n) is 8.79. The van der Waals surface area contributed by atoms with Crippen molar-refractivity contribution in [2.24, 2.45) is 0 Å². The van der Waals surface area contributed by atoms with Crippen LogP contribution < -0.4 is 10.6 Å². The van der Waals surface area contributed by atoms with Gasteiger partial charge in [-0.25, -0.2) is 13.4 Å². The Morgan fingerprint density at radius 2 is 2.11 bits per heavy atom. The number of hydrogen-bond donors (Lipinski definition) is 1. The van der Waals surface area contributed by atoms with Crippen molar-refractivity contribution in [3.8, 4) is 0 Å². The van der Waals surface area contributed by atoms with E-state index in [2.05, 4.69) is 14.9 Å². The minimum absolute atomic E-state index is 0.0286. The van der Waals surface area contributed by atoms with Crippen LogP contribution in [0, 0.1) is 6.92 Å². The zero-order valence-corrected chi connectivity index (χ0v) is 16.9. The van der Waals surface area contributed by atoms with Crippen molar-refractivity contribution >= 4 is 33.2 Å². The molecule has 2 heterocycles. The molecule has 0 radical (unpaired) electrons. The van der Waals surface area contributed by atoms with Crippen molar-refractivity contribution in [1.82, 2.24) is 9.97 Å². The number of hydrogen-bond acceptors (Lipinski definition) is 7. The maximum Gasteiger partial charge on any atom is 0.222 e. The number of aryl methyl sites for hydroxylation is 1. The van der Waals surface area contributed by atoms with Gasteiger partial charge in [0.15, 0.2) is 9.84 Å². The van der Waals surface area contributed by atoms with E-state index < -0.39 is 9.84 Å². The molecular formula is C18H23ClN4O3S. The summed E-state index contributed by atoms with van der Waals surface area (Å²) in [6, 6.07) is 6.54. The molecule has 1 fully saturated rings. The minimum Gasteiger partial charge on any atom is -0.379 e. The minimum atomic E-state index is -3.32. The highest BCUT2D eigenvalue weighted by atomic mass is 35.5. The highest BCUT2D eigenvalue weighted by Crippen LogP contribution is 2.34. The molecule has 0 saturated carbocycles. The number of nitrogens with two attached hydrogens (primary N) is 1. The highest BCUT2D eigenvalue weighted by molar-refractivity contribution is 7.91. The van der Waals surface area contributed by atoms with Gasteiger partial charge in [-0.2, -0.15) is 4.98 Å². The van der Waals surface area contributed by atoms with Gasteiger partial charge in [0.2, 0.25) is 5.95 Å². The van der Waals surface area contributed by atoms with Crippen LogP contribution in [-0.4, -0.2) is 43.9 Å². The highest BCUT2D eigenvalue weighted by Gasteiger charge is 2.27. The maximum absolute atomic E-state index is 12.1. The summed E-state index contributed by atoms with van der Waals surface area (Å²) in [4.78, 5) is 10.8. The molecule has 146 valence electrons. The van der Waals surface area contributed by atoms with Gasteiger partial charge in [-0.3, -0.25) is 0 Å². The lowest BCUT2D eigenvalue weighted by atomic mass is 10.1. The Hall–Kier alpha value is -1.90. The normalized spacial score (nSPS) is 18.3. The lowest BCUT2D eigenvalue weighted by Gasteiger charge is -2.31. The number of nitrogens with zero attached hydrogens (tertiary/aromatic N) is 3. The van der Waals surface area contributed by atoms with E-state index in [0.29, 0.717) is 30.6 Å². The van der Waals surface area contributed by atoms with Gasteiger partial charge in [0.05, 0.1) is 23.3 Å². The van der Waals surface area contributed by atoms with E-state index in [1.165, 1.54) is 6.07 Å². The van der Waals surface area contributed by atoms with Gasteiger partial charge in [0.25, 0.3) is 0 Å². The molecule has 27 heavy (non-hydrogen) atoms. The van der Waals surface area contributed by atoms with Crippen LogP contribution in [0.1, 0.15) is 30.6 Å². The van der Waals surface area contributed by atoms with Crippen molar-refractivity contribution in [2.45, 2.75) is 31.2 Å². The second-order valence-electron chi connectivity index (χ2n) is 6.45. The smallest absolute Gasteiger partial charge is 0.222 e. The number of benzene rings is 1. The number of halogens is 1. The van der Waals surface area contributed by atoms with E-state index in [1.54, 1.807) is 19.1 Å². The Balaban J connectivity index is 2.03. The Morgan fingerprint density at radius 3 is 2.78 bits per heavy atom. The Bertz CT molecular complexity index is 916. The first-order valence-corrected chi connectivity index (χ1v) is 10.8. The molecule has 0 amide bonds. The molecule has 1 saturated heterocycles. The maximum atomic E-state index is 12.1. The van der Waals surface area contributed by atoms with Gasteiger partial charge in [-0.1, -0.05) is 24.6 Å². The Labute approximate surface area is 164 Å². The third kappa shape index (κ3) is 4.34. The van der Waals surface area contributed by atoms with E-state index in [0.717, 1.165) is 17.7 Å². The van der Waals surface area contributed by atoms with Crippen LogP contribution in [0.25, 0.3) is 0 Å². The molecule has 3 rings (SSSR count). The molecule has 2 aromatic rings. The second kappa shape index (κ2) is 8.00. The van der Waals surface area contributed by atoms with Crippen LogP contribution in [0.3, 0.4) is 0 Å². The summed E-state index contributed by atoms with van der Waals surface area (Å²) in [7, 11) is -3.32. The first kappa shape index (κ1) is 19.9. The number of nitrogen functional groups attached to an aromatic ring is 1. The lowest BCUT2D eigenvalue weighted by Crippen LogP contribution is -2.32. The van der Waals surface area contributed by atoms with Gasteiger partial charge >= 0.3 is 0 Å². The van der Waals surface area contributed by atoms with Crippen molar-refractivity contribution in [2.75, 3.05) is 36.1 Å².